The van der Waals surface area contributed by atoms with E-state index in [4.69, 9.17) is 4.74 Å². The van der Waals surface area contributed by atoms with Crippen LogP contribution in [0, 0.1) is 23.2 Å². The molecule has 110 valence electrons. The van der Waals surface area contributed by atoms with E-state index in [2.05, 4.69) is 5.32 Å². The van der Waals surface area contributed by atoms with Gasteiger partial charge in [-0.2, -0.15) is 0 Å². The van der Waals surface area contributed by atoms with Gasteiger partial charge in [0.2, 0.25) is 0 Å². The molecule has 2 aromatic carbocycles. The third-order valence-electron chi connectivity index (χ3n) is 3.12. The Labute approximate surface area is 136 Å². The lowest BCUT2D eigenvalue weighted by molar-refractivity contribution is -0.118. The van der Waals surface area contributed by atoms with E-state index in [-0.39, 0.29) is 12.3 Å². The van der Waals surface area contributed by atoms with Crippen molar-refractivity contribution in [1.82, 2.24) is 0 Å². The Balaban J connectivity index is 1.97. The standard InChI is InChI=1S/C16H15FINO2/c1-10-4-3-5-15(11(10)2)21-9-16(20)19-14-7-6-12(18)8-13(14)17/h3-8H,9H2,1-2H3,(H,19,20). The molecule has 0 spiro atoms. The minimum absolute atomic E-state index is 0.157. The van der Waals surface area contributed by atoms with Crippen molar-refractivity contribution in [2.24, 2.45) is 0 Å². The normalized spacial score (nSPS) is 10.3. The maximum atomic E-state index is 13.6. The monoisotopic (exact) mass is 399 g/mol. The zero-order chi connectivity index (χ0) is 15.4. The highest BCUT2D eigenvalue weighted by Gasteiger charge is 2.09. The highest BCUT2D eigenvalue weighted by Crippen LogP contribution is 2.21. The molecule has 0 heterocycles. The first kappa shape index (κ1) is 15.8. The molecule has 21 heavy (non-hydrogen) atoms. The summed E-state index contributed by atoms with van der Waals surface area (Å²) in [5.74, 6) is -0.189. The smallest absolute Gasteiger partial charge is 0.262 e. The molecule has 0 saturated carbocycles. The molecule has 0 atom stereocenters. The summed E-state index contributed by atoms with van der Waals surface area (Å²) in [5.41, 5.74) is 2.24. The summed E-state index contributed by atoms with van der Waals surface area (Å²) < 4.78 is 19.9. The van der Waals surface area contributed by atoms with Crippen LogP contribution < -0.4 is 10.1 Å². The van der Waals surface area contributed by atoms with Gasteiger partial charge in [-0.05, 0) is 71.8 Å². The van der Waals surface area contributed by atoms with Gasteiger partial charge in [-0.1, -0.05) is 12.1 Å². The minimum atomic E-state index is -0.456. The zero-order valence-electron chi connectivity index (χ0n) is 11.7. The van der Waals surface area contributed by atoms with Gasteiger partial charge in [0.05, 0.1) is 5.69 Å². The predicted molar refractivity (Wildman–Crippen MR) is 89.2 cm³/mol. The number of rotatable bonds is 4. The number of anilines is 1. The molecular weight excluding hydrogens is 384 g/mol. The van der Waals surface area contributed by atoms with E-state index < -0.39 is 11.7 Å². The summed E-state index contributed by atoms with van der Waals surface area (Å²) in [6.45, 7) is 3.75. The Hall–Kier alpha value is -1.63. The number of amides is 1. The fourth-order valence-electron chi connectivity index (χ4n) is 1.80. The van der Waals surface area contributed by atoms with Crippen LogP contribution in [0.15, 0.2) is 36.4 Å². The van der Waals surface area contributed by atoms with Gasteiger partial charge in [-0.25, -0.2) is 4.39 Å². The molecule has 0 aliphatic rings. The zero-order valence-corrected chi connectivity index (χ0v) is 13.9. The van der Waals surface area contributed by atoms with Gasteiger partial charge in [-0.15, -0.1) is 0 Å². The maximum absolute atomic E-state index is 13.6. The number of aryl methyl sites for hydroxylation is 1. The quantitative estimate of drug-likeness (QED) is 0.788. The molecule has 0 fully saturated rings. The Morgan fingerprint density at radius 2 is 2.05 bits per heavy atom. The van der Waals surface area contributed by atoms with Gasteiger partial charge < -0.3 is 10.1 Å². The molecular formula is C16H15FINO2. The van der Waals surface area contributed by atoms with Crippen LogP contribution in [0.4, 0.5) is 10.1 Å². The van der Waals surface area contributed by atoms with E-state index in [1.807, 2.05) is 48.6 Å². The van der Waals surface area contributed by atoms with Gasteiger partial charge in [-0.3, -0.25) is 4.79 Å². The third-order valence-corrected chi connectivity index (χ3v) is 3.79. The van der Waals surface area contributed by atoms with Crippen molar-refractivity contribution in [2.45, 2.75) is 13.8 Å². The van der Waals surface area contributed by atoms with E-state index in [1.165, 1.54) is 12.1 Å². The third kappa shape index (κ3) is 4.17. The van der Waals surface area contributed by atoms with Crippen LogP contribution in [0.2, 0.25) is 0 Å². The van der Waals surface area contributed by atoms with Crippen LogP contribution >= 0.6 is 22.6 Å². The molecule has 0 radical (unpaired) electrons. The summed E-state index contributed by atoms with van der Waals surface area (Å²) in [7, 11) is 0. The summed E-state index contributed by atoms with van der Waals surface area (Å²) >= 11 is 2.01. The van der Waals surface area contributed by atoms with Crippen molar-refractivity contribution < 1.29 is 13.9 Å². The highest BCUT2D eigenvalue weighted by atomic mass is 127. The van der Waals surface area contributed by atoms with Crippen LogP contribution in [0.3, 0.4) is 0 Å². The molecule has 5 heteroatoms. The van der Waals surface area contributed by atoms with Crippen LogP contribution in [-0.2, 0) is 4.79 Å². The fourth-order valence-corrected chi connectivity index (χ4v) is 2.25. The Bertz CT molecular complexity index is 673. The molecule has 0 unspecified atom stereocenters. The van der Waals surface area contributed by atoms with Crippen molar-refractivity contribution in [3.8, 4) is 5.75 Å². The highest BCUT2D eigenvalue weighted by molar-refractivity contribution is 14.1. The van der Waals surface area contributed by atoms with Gasteiger partial charge in [0.15, 0.2) is 6.61 Å². The first-order valence-electron chi connectivity index (χ1n) is 6.41. The number of nitrogens with one attached hydrogen (secondary N) is 1. The van der Waals surface area contributed by atoms with E-state index in [9.17, 15) is 9.18 Å². The molecule has 2 rings (SSSR count). The SMILES string of the molecule is Cc1cccc(OCC(=O)Nc2ccc(I)cc2F)c1C. The van der Waals surface area contributed by atoms with Gasteiger partial charge >= 0.3 is 0 Å². The number of carbonyl (C=O) groups excluding carboxylic acids is 1. The average molecular weight is 399 g/mol. The Kier molecular flexibility index (Phi) is 5.17. The second-order valence-corrected chi connectivity index (χ2v) is 5.90. The molecule has 3 nitrogen and oxygen atoms in total. The maximum Gasteiger partial charge on any atom is 0.262 e. The van der Waals surface area contributed by atoms with E-state index in [1.54, 1.807) is 12.1 Å². The lowest BCUT2D eigenvalue weighted by Gasteiger charge is -2.11. The van der Waals surface area contributed by atoms with Crippen LogP contribution in [-0.4, -0.2) is 12.5 Å². The minimum Gasteiger partial charge on any atom is -0.483 e. The van der Waals surface area contributed by atoms with E-state index >= 15 is 0 Å². The van der Waals surface area contributed by atoms with Crippen LogP contribution in [0.25, 0.3) is 0 Å². The number of ether oxygens (including phenoxy) is 1. The summed E-state index contributed by atoms with van der Waals surface area (Å²) in [5, 5.41) is 2.50. The lowest BCUT2D eigenvalue weighted by atomic mass is 10.1. The molecule has 0 bridgehead atoms. The molecule has 0 aromatic heterocycles. The van der Waals surface area contributed by atoms with Gasteiger partial charge in [0.1, 0.15) is 11.6 Å². The second kappa shape index (κ2) is 6.89. The number of hydrogen-bond donors (Lipinski definition) is 1. The molecule has 0 aliphatic heterocycles. The predicted octanol–water partition coefficient (Wildman–Crippen LogP) is 4.06. The first-order chi connectivity index (χ1) is 9.97. The Morgan fingerprint density at radius 3 is 2.76 bits per heavy atom. The van der Waals surface area contributed by atoms with Crippen molar-refractivity contribution in [2.75, 3.05) is 11.9 Å². The van der Waals surface area contributed by atoms with Gasteiger partial charge in [0.25, 0.3) is 5.91 Å². The summed E-state index contributed by atoms with van der Waals surface area (Å²) in [4.78, 5) is 11.8. The van der Waals surface area contributed by atoms with Crippen molar-refractivity contribution >= 4 is 34.2 Å². The topological polar surface area (TPSA) is 38.3 Å². The fraction of sp³-hybridized carbons (Fsp3) is 0.188. The number of halogens is 2. The van der Waals surface area contributed by atoms with E-state index in [0.717, 1.165) is 14.7 Å². The Morgan fingerprint density at radius 1 is 1.29 bits per heavy atom. The molecule has 2 aromatic rings. The first-order valence-corrected chi connectivity index (χ1v) is 7.49. The van der Waals surface area contributed by atoms with Crippen molar-refractivity contribution in [3.05, 3.63) is 56.9 Å². The molecule has 0 aliphatic carbocycles. The summed E-state index contributed by atoms with van der Waals surface area (Å²) in [6, 6.07) is 10.3. The largest absolute Gasteiger partial charge is 0.483 e. The molecule has 0 saturated heterocycles. The molecule has 1 amide bonds. The van der Waals surface area contributed by atoms with Gasteiger partial charge in [0, 0.05) is 3.57 Å². The number of benzene rings is 2. The number of hydrogen-bond acceptors (Lipinski definition) is 2. The summed E-state index contributed by atoms with van der Waals surface area (Å²) in [6.07, 6.45) is 0. The average Bonchev–Trinajstić information content (AvgIpc) is 2.43. The van der Waals surface area contributed by atoms with Crippen LogP contribution in [0.5, 0.6) is 5.75 Å². The number of carbonyl (C=O) groups is 1. The van der Waals surface area contributed by atoms with Crippen molar-refractivity contribution in [1.29, 1.82) is 0 Å². The lowest BCUT2D eigenvalue weighted by Crippen LogP contribution is -2.21. The second-order valence-electron chi connectivity index (χ2n) is 4.66. The molecule has 1 N–H and O–H groups in total. The van der Waals surface area contributed by atoms with Crippen molar-refractivity contribution in [3.63, 3.8) is 0 Å². The van der Waals surface area contributed by atoms with E-state index in [0.29, 0.717) is 5.75 Å². The van der Waals surface area contributed by atoms with Crippen LogP contribution in [0.1, 0.15) is 11.1 Å².